The Labute approximate surface area is 155 Å². The lowest BCUT2D eigenvalue weighted by atomic mass is 10.2. The molecule has 26 heavy (non-hydrogen) atoms. The highest BCUT2D eigenvalue weighted by Crippen LogP contribution is 2.16. The molecule has 2 rings (SSSR count). The van der Waals surface area contributed by atoms with Gasteiger partial charge in [0.1, 0.15) is 18.1 Å². The summed E-state index contributed by atoms with van der Waals surface area (Å²) in [4.78, 5) is 4.64. The molecule has 0 fully saturated rings. The van der Waals surface area contributed by atoms with E-state index in [4.69, 9.17) is 9.47 Å². The number of nitrogens with zero attached hydrogens (tertiary/aromatic N) is 3. The van der Waals surface area contributed by atoms with Gasteiger partial charge in [-0.05, 0) is 43.2 Å². The summed E-state index contributed by atoms with van der Waals surface area (Å²) in [5.74, 6) is 2.85. The van der Waals surface area contributed by atoms with Crippen molar-refractivity contribution in [2.45, 2.75) is 20.4 Å². The fourth-order valence-electron chi connectivity index (χ4n) is 2.38. The van der Waals surface area contributed by atoms with Crippen LogP contribution in [0.2, 0.25) is 0 Å². The van der Waals surface area contributed by atoms with Gasteiger partial charge < -0.3 is 20.1 Å². The number of methoxy groups -OCH3 is 1. The number of aliphatic imine (C=N–C) groups is 1. The first-order valence-corrected chi connectivity index (χ1v) is 8.97. The molecule has 0 amide bonds. The third-order valence-electron chi connectivity index (χ3n) is 3.69. The largest absolute Gasteiger partial charge is 0.497 e. The normalized spacial score (nSPS) is 12.5. The molecule has 142 valence electrons. The van der Waals surface area contributed by atoms with Crippen LogP contribution in [0.5, 0.6) is 11.5 Å². The summed E-state index contributed by atoms with van der Waals surface area (Å²) in [6.45, 7) is 7.86. The Balaban J connectivity index is 1.72. The molecular formula is C19H29N5O2. The standard InChI is InChI=1S/C19H29N5O2/c1-4-20-19(22-14-16(2)15-24-12-5-10-23-24)21-11-13-26-18-8-6-17(25-3)7-9-18/h5-10,12,16H,4,11,13-15H2,1-3H3,(H2,20,21,22). The molecule has 0 saturated carbocycles. The maximum absolute atomic E-state index is 5.72. The average molecular weight is 359 g/mol. The number of aromatic nitrogens is 2. The predicted molar refractivity (Wildman–Crippen MR) is 104 cm³/mol. The van der Waals surface area contributed by atoms with Gasteiger partial charge in [-0.25, -0.2) is 0 Å². The van der Waals surface area contributed by atoms with E-state index in [0.29, 0.717) is 19.1 Å². The molecular weight excluding hydrogens is 330 g/mol. The van der Waals surface area contributed by atoms with Crippen LogP contribution in [0.25, 0.3) is 0 Å². The lowest BCUT2D eigenvalue weighted by molar-refractivity contribution is 0.321. The number of hydrogen-bond acceptors (Lipinski definition) is 4. The summed E-state index contributed by atoms with van der Waals surface area (Å²) < 4.78 is 12.8. The molecule has 0 aliphatic carbocycles. The van der Waals surface area contributed by atoms with Crippen LogP contribution >= 0.6 is 0 Å². The molecule has 2 N–H and O–H groups in total. The SMILES string of the molecule is CCNC(=NCC(C)Cn1cccn1)NCCOc1ccc(OC)cc1. The fraction of sp³-hybridized carbons (Fsp3) is 0.474. The van der Waals surface area contributed by atoms with Gasteiger partial charge in [0.2, 0.25) is 0 Å². The highest BCUT2D eigenvalue weighted by atomic mass is 16.5. The number of ether oxygens (including phenoxy) is 2. The van der Waals surface area contributed by atoms with Crippen LogP contribution in [0.15, 0.2) is 47.7 Å². The first kappa shape index (κ1) is 19.6. The van der Waals surface area contributed by atoms with E-state index in [2.05, 4.69) is 34.6 Å². The quantitative estimate of drug-likeness (QED) is 0.386. The fourth-order valence-corrected chi connectivity index (χ4v) is 2.38. The second-order valence-electron chi connectivity index (χ2n) is 6.00. The molecule has 0 aliphatic rings. The van der Waals surface area contributed by atoms with E-state index in [-0.39, 0.29) is 0 Å². The van der Waals surface area contributed by atoms with Crippen molar-refractivity contribution in [2.75, 3.05) is 33.4 Å². The molecule has 0 saturated heterocycles. The third kappa shape index (κ3) is 7.04. The number of nitrogens with one attached hydrogen (secondary N) is 2. The van der Waals surface area contributed by atoms with E-state index in [9.17, 15) is 0 Å². The molecule has 1 aromatic carbocycles. The van der Waals surface area contributed by atoms with Gasteiger partial charge in [-0.2, -0.15) is 5.10 Å². The van der Waals surface area contributed by atoms with Crippen molar-refractivity contribution in [1.82, 2.24) is 20.4 Å². The minimum atomic E-state index is 0.404. The predicted octanol–water partition coefficient (Wildman–Crippen LogP) is 2.16. The van der Waals surface area contributed by atoms with Crippen molar-refractivity contribution in [2.24, 2.45) is 10.9 Å². The lowest BCUT2D eigenvalue weighted by Crippen LogP contribution is -2.39. The summed E-state index contributed by atoms with van der Waals surface area (Å²) in [5.41, 5.74) is 0. The molecule has 1 atom stereocenters. The van der Waals surface area contributed by atoms with Gasteiger partial charge in [0.15, 0.2) is 5.96 Å². The van der Waals surface area contributed by atoms with Crippen molar-refractivity contribution in [3.05, 3.63) is 42.7 Å². The van der Waals surface area contributed by atoms with Crippen LogP contribution in [-0.2, 0) is 6.54 Å². The minimum absolute atomic E-state index is 0.404. The molecule has 1 heterocycles. The van der Waals surface area contributed by atoms with Gasteiger partial charge in [-0.3, -0.25) is 9.67 Å². The van der Waals surface area contributed by atoms with Crippen LogP contribution in [0, 0.1) is 5.92 Å². The van der Waals surface area contributed by atoms with Crippen LogP contribution in [0.1, 0.15) is 13.8 Å². The lowest BCUT2D eigenvalue weighted by Gasteiger charge is -2.14. The second kappa shape index (κ2) is 11.0. The maximum Gasteiger partial charge on any atom is 0.191 e. The highest BCUT2D eigenvalue weighted by molar-refractivity contribution is 5.79. The summed E-state index contributed by atoms with van der Waals surface area (Å²) in [6, 6.07) is 9.50. The van der Waals surface area contributed by atoms with E-state index < -0.39 is 0 Å². The zero-order valence-corrected chi connectivity index (χ0v) is 15.8. The Kier molecular flexibility index (Phi) is 8.32. The molecule has 0 spiro atoms. The van der Waals surface area contributed by atoms with E-state index in [1.165, 1.54) is 0 Å². The Hall–Kier alpha value is -2.70. The maximum atomic E-state index is 5.72. The van der Waals surface area contributed by atoms with Crippen molar-refractivity contribution in [3.8, 4) is 11.5 Å². The summed E-state index contributed by atoms with van der Waals surface area (Å²) in [7, 11) is 1.65. The number of benzene rings is 1. The monoisotopic (exact) mass is 359 g/mol. The van der Waals surface area contributed by atoms with Crippen molar-refractivity contribution >= 4 is 5.96 Å². The van der Waals surface area contributed by atoms with Gasteiger partial charge in [0, 0.05) is 32.0 Å². The summed E-state index contributed by atoms with van der Waals surface area (Å²) in [5, 5.41) is 10.8. The van der Waals surface area contributed by atoms with E-state index in [1.54, 1.807) is 13.3 Å². The number of rotatable bonds is 10. The van der Waals surface area contributed by atoms with Gasteiger partial charge in [-0.1, -0.05) is 6.92 Å². The van der Waals surface area contributed by atoms with Gasteiger partial charge >= 0.3 is 0 Å². The second-order valence-corrected chi connectivity index (χ2v) is 6.00. The van der Waals surface area contributed by atoms with E-state index in [1.807, 2.05) is 41.2 Å². The molecule has 0 bridgehead atoms. The molecule has 1 aromatic heterocycles. The van der Waals surface area contributed by atoms with E-state index >= 15 is 0 Å². The van der Waals surface area contributed by atoms with Crippen LogP contribution in [0.3, 0.4) is 0 Å². The van der Waals surface area contributed by atoms with Crippen LogP contribution < -0.4 is 20.1 Å². The van der Waals surface area contributed by atoms with Gasteiger partial charge in [0.05, 0.1) is 13.7 Å². The number of hydrogen-bond donors (Lipinski definition) is 2. The summed E-state index contributed by atoms with van der Waals surface area (Å²) >= 11 is 0. The van der Waals surface area contributed by atoms with Crippen LogP contribution in [0.4, 0.5) is 0 Å². The van der Waals surface area contributed by atoms with E-state index in [0.717, 1.165) is 37.1 Å². The van der Waals surface area contributed by atoms with Crippen molar-refractivity contribution in [1.29, 1.82) is 0 Å². The molecule has 7 nitrogen and oxygen atoms in total. The zero-order valence-electron chi connectivity index (χ0n) is 15.8. The highest BCUT2D eigenvalue weighted by Gasteiger charge is 2.04. The Morgan fingerprint density at radius 1 is 1.23 bits per heavy atom. The Bertz CT molecular complexity index is 640. The minimum Gasteiger partial charge on any atom is -0.497 e. The van der Waals surface area contributed by atoms with Crippen molar-refractivity contribution < 1.29 is 9.47 Å². The summed E-state index contributed by atoms with van der Waals surface area (Å²) in [6.07, 6.45) is 3.77. The topological polar surface area (TPSA) is 72.7 Å². The third-order valence-corrected chi connectivity index (χ3v) is 3.69. The Morgan fingerprint density at radius 3 is 2.65 bits per heavy atom. The molecule has 1 unspecified atom stereocenters. The molecule has 7 heteroatoms. The molecule has 2 aromatic rings. The smallest absolute Gasteiger partial charge is 0.191 e. The molecule has 0 radical (unpaired) electrons. The van der Waals surface area contributed by atoms with Gasteiger partial charge in [0.25, 0.3) is 0 Å². The van der Waals surface area contributed by atoms with Gasteiger partial charge in [-0.15, -0.1) is 0 Å². The molecule has 0 aliphatic heterocycles. The van der Waals surface area contributed by atoms with Crippen molar-refractivity contribution in [3.63, 3.8) is 0 Å². The number of guanidine groups is 1. The zero-order chi connectivity index (χ0) is 18.6. The van der Waals surface area contributed by atoms with Crippen LogP contribution in [-0.4, -0.2) is 49.1 Å². The average Bonchev–Trinajstić information content (AvgIpc) is 3.16. The first-order valence-electron chi connectivity index (χ1n) is 8.97. The Morgan fingerprint density at radius 2 is 2.00 bits per heavy atom. The first-order chi connectivity index (χ1) is 12.7.